The van der Waals surface area contributed by atoms with Gasteiger partial charge >= 0.3 is 6.09 Å². The number of rotatable bonds is 2. The zero-order valence-corrected chi connectivity index (χ0v) is 12.0. The lowest BCUT2D eigenvalue weighted by molar-refractivity contribution is 0.0516. The van der Waals surface area contributed by atoms with Crippen LogP contribution >= 0.6 is 0 Å². The lowest BCUT2D eigenvalue weighted by atomic mass is 9.96. The Labute approximate surface area is 110 Å². The van der Waals surface area contributed by atoms with Crippen LogP contribution in [0.25, 0.3) is 0 Å². The van der Waals surface area contributed by atoms with E-state index < -0.39 is 5.60 Å². The number of hydrogen-bond acceptors (Lipinski definition) is 4. The highest BCUT2D eigenvalue weighted by Crippen LogP contribution is 2.15. The molecule has 0 aliphatic carbocycles. The normalized spacial score (nSPS) is 26.5. The van der Waals surface area contributed by atoms with Crippen molar-refractivity contribution < 1.29 is 9.53 Å². The summed E-state index contributed by atoms with van der Waals surface area (Å²) in [4.78, 5) is 13.9. The van der Waals surface area contributed by atoms with Crippen LogP contribution in [-0.2, 0) is 4.74 Å². The first-order chi connectivity index (χ1) is 8.28. The predicted octanol–water partition coefficient (Wildman–Crippen LogP) is 1.18. The van der Waals surface area contributed by atoms with Gasteiger partial charge in [-0.1, -0.05) is 0 Å². The number of ether oxygens (including phenoxy) is 1. The maximum Gasteiger partial charge on any atom is 0.407 e. The van der Waals surface area contributed by atoms with E-state index in [2.05, 4.69) is 17.3 Å². The average Bonchev–Trinajstić information content (AvgIpc) is 2.37. The monoisotopic (exact) mass is 257 g/mol. The second-order valence-corrected chi connectivity index (χ2v) is 6.19. The van der Waals surface area contributed by atoms with Gasteiger partial charge in [0, 0.05) is 12.6 Å². The molecule has 0 unspecified atom stereocenters. The molecular formula is C13H27N3O2. The van der Waals surface area contributed by atoms with Crippen LogP contribution in [-0.4, -0.2) is 49.3 Å². The molecule has 1 aliphatic rings. The molecule has 1 rings (SSSR count). The summed E-state index contributed by atoms with van der Waals surface area (Å²) in [5, 5.41) is 2.82. The largest absolute Gasteiger partial charge is 0.444 e. The molecule has 2 atom stereocenters. The van der Waals surface area contributed by atoms with Crippen LogP contribution in [0.5, 0.6) is 0 Å². The minimum atomic E-state index is -0.449. The molecule has 18 heavy (non-hydrogen) atoms. The number of alkyl carbamates (subject to hydrolysis) is 1. The summed E-state index contributed by atoms with van der Waals surface area (Å²) in [5.41, 5.74) is 5.69. The molecule has 0 aromatic rings. The number of likely N-dealkylation sites (tertiary alicyclic amines) is 1. The zero-order chi connectivity index (χ0) is 13.8. The fourth-order valence-electron chi connectivity index (χ4n) is 2.10. The maximum absolute atomic E-state index is 11.6. The Bertz CT molecular complexity index is 276. The van der Waals surface area contributed by atoms with E-state index in [0.29, 0.717) is 12.5 Å². The Hall–Kier alpha value is -0.810. The first-order valence-electron chi connectivity index (χ1n) is 6.69. The molecule has 0 aromatic heterocycles. The summed E-state index contributed by atoms with van der Waals surface area (Å²) >= 11 is 0. The van der Waals surface area contributed by atoms with Crippen molar-refractivity contribution in [3.05, 3.63) is 0 Å². The SMILES string of the molecule is CN1CC[C@@H](CNC(=O)OC(C)(C)C)[C@H](N)CC1. The van der Waals surface area contributed by atoms with Crippen LogP contribution in [0.3, 0.4) is 0 Å². The fourth-order valence-corrected chi connectivity index (χ4v) is 2.10. The highest BCUT2D eigenvalue weighted by molar-refractivity contribution is 5.67. The lowest BCUT2D eigenvalue weighted by Gasteiger charge is -2.23. The molecule has 1 heterocycles. The van der Waals surface area contributed by atoms with E-state index in [0.717, 1.165) is 25.9 Å². The van der Waals surface area contributed by atoms with Crippen LogP contribution in [0, 0.1) is 5.92 Å². The van der Waals surface area contributed by atoms with Crippen molar-refractivity contribution in [2.45, 2.75) is 45.3 Å². The molecule has 0 saturated carbocycles. The fraction of sp³-hybridized carbons (Fsp3) is 0.923. The summed E-state index contributed by atoms with van der Waals surface area (Å²) in [6.45, 7) is 8.25. The van der Waals surface area contributed by atoms with E-state index in [1.165, 1.54) is 0 Å². The third kappa shape index (κ3) is 5.69. The van der Waals surface area contributed by atoms with Gasteiger partial charge in [-0.15, -0.1) is 0 Å². The van der Waals surface area contributed by atoms with Gasteiger partial charge in [0.05, 0.1) is 0 Å². The van der Waals surface area contributed by atoms with Crippen molar-refractivity contribution in [3.63, 3.8) is 0 Å². The smallest absolute Gasteiger partial charge is 0.407 e. The van der Waals surface area contributed by atoms with Gasteiger partial charge in [-0.05, 0) is 59.7 Å². The molecule has 3 N–H and O–H groups in total. The van der Waals surface area contributed by atoms with Crippen molar-refractivity contribution in [2.75, 3.05) is 26.7 Å². The Balaban J connectivity index is 2.35. The highest BCUT2D eigenvalue weighted by Gasteiger charge is 2.23. The Kier molecular flexibility index (Phi) is 5.41. The molecule has 106 valence electrons. The van der Waals surface area contributed by atoms with Crippen molar-refractivity contribution in [2.24, 2.45) is 11.7 Å². The number of nitrogens with two attached hydrogens (primary N) is 1. The Morgan fingerprint density at radius 3 is 2.61 bits per heavy atom. The Morgan fingerprint density at radius 2 is 2.00 bits per heavy atom. The lowest BCUT2D eigenvalue weighted by Crippen LogP contribution is -2.41. The second-order valence-electron chi connectivity index (χ2n) is 6.19. The van der Waals surface area contributed by atoms with E-state index in [4.69, 9.17) is 10.5 Å². The van der Waals surface area contributed by atoms with E-state index in [1.54, 1.807) is 0 Å². The molecule has 5 heteroatoms. The van der Waals surface area contributed by atoms with Crippen LogP contribution in [0.2, 0.25) is 0 Å². The summed E-state index contributed by atoms with van der Waals surface area (Å²) < 4.78 is 5.22. The third-order valence-electron chi connectivity index (χ3n) is 3.24. The number of carbonyl (C=O) groups excluding carboxylic acids is 1. The van der Waals surface area contributed by atoms with Gasteiger partial charge in [-0.3, -0.25) is 0 Å². The van der Waals surface area contributed by atoms with E-state index in [-0.39, 0.29) is 12.1 Å². The minimum absolute atomic E-state index is 0.157. The molecule has 1 amide bonds. The summed E-state index contributed by atoms with van der Waals surface area (Å²) in [5.74, 6) is 0.336. The molecule has 0 spiro atoms. The van der Waals surface area contributed by atoms with Crippen LogP contribution in [0.15, 0.2) is 0 Å². The standard InChI is InChI=1S/C13H27N3O2/c1-13(2,3)18-12(17)15-9-10-5-7-16(4)8-6-11(10)14/h10-11H,5-9,14H2,1-4H3,(H,15,17)/t10-,11+/m0/s1. The first kappa shape index (κ1) is 15.2. The number of nitrogens with zero attached hydrogens (tertiary/aromatic N) is 1. The summed E-state index contributed by atoms with van der Waals surface area (Å²) in [7, 11) is 2.11. The van der Waals surface area contributed by atoms with Gasteiger partial charge in [0.15, 0.2) is 0 Å². The predicted molar refractivity (Wildman–Crippen MR) is 72.4 cm³/mol. The van der Waals surface area contributed by atoms with Gasteiger partial charge in [-0.25, -0.2) is 4.79 Å². The van der Waals surface area contributed by atoms with Gasteiger partial charge in [0.1, 0.15) is 5.60 Å². The Morgan fingerprint density at radius 1 is 1.39 bits per heavy atom. The molecule has 0 aromatic carbocycles. The zero-order valence-electron chi connectivity index (χ0n) is 12.0. The number of amides is 1. The van der Waals surface area contributed by atoms with Gasteiger partial charge in [-0.2, -0.15) is 0 Å². The number of nitrogens with one attached hydrogen (secondary N) is 1. The second kappa shape index (κ2) is 6.38. The van der Waals surface area contributed by atoms with E-state index in [9.17, 15) is 4.79 Å². The van der Waals surface area contributed by atoms with Crippen molar-refractivity contribution >= 4 is 6.09 Å². The van der Waals surface area contributed by atoms with E-state index in [1.807, 2.05) is 20.8 Å². The maximum atomic E-state index is 11.6. The molecule has 1 aliphatic heterocycles. The van der Waals surface area contributed by atoms with E-state index >= 15 is 0 Å². The van der Waals surface area contributed by atoms with Crippen LogP contribution in [0.1, 0.15) is 33.6 Å². The number of hydrogen-bond donors (Lipinski definition) is 2. The van der Waals surface area contributed by atoms with Gasteiger partial charge in [0.2, 0.25) is 0 Å². The quantitative estimate of drug-likeness (QED) is 0.779. The van der Waals surface area contributed by atoms with Crippen LogP contribution < -0.4 is 11.1 Å². The van der Waals surface area contributed by atoms with Crippen molar-refractivity contribution in [1.29, 1.82) is 0 Å². The topological polar surface area (TPSA) is 67.6 Å². The number of carbonyl (C=O) groups is 1. The molecule has 0 radical (unpaired) electrons. The summed E-state index contributed by atoms with van der Waals surface area (Å²) in [6.07, 6.45) is 1.65. The van der Waals surface area contributed by atoms with Crippen molar-refractivity contribution in [3.8, 4) is 0 Å². The molecule has 1 fully saturated rings. The highest BCUT2D eigenvalue weighted by atomic mass is 16.6. The van der Waals surface area contributed by atoms with Crippen LogP contribution in [0.4, 0.5) is 4.79 Å². The average molecular weight is 257 g/mol. The first-order valence-corrected chi connectivity index (χ1v) is 6.69. The van der Waals surface area contributed by atoms with Gasteiger partial charge < -0.3 is 20.7 Å². The third-order valence-corrected chi connectivity index (χ3v) is 3.24. The summed E-state index contributed by atoms with van der Waals surface area (Å²) in [6, 6.07) is 0.157. The molecular weight excluding hydrogens is 230 g/mol. The molecule has 1 saturated heterocycles. The van der Waals surface area contributed by atoms with Gasteiger partial charge in [0.25, 0.3) is 0 Å². The van der Waals surface area contributed by atoms with Crippen molar-refractivity contribution in [1.82, 2.24) is 10.2 Å². The molecule has 5 nitrogen and oxygen atoms in total. The molecule has 0 bridgehead atoms. The minimum Gasteiger partial charge on any atom is -0.444 e.